The summed E-state index contributed by atoms with van der Waals surface area (Å²) in [5.41, 5.74) is 0.861. The van der Waals surface area contributed by atoms with Crippen LogP contribution in [0.3, 0.4) is 0 Å². The molecule has 1 heterocycles. The van der Waals surface area contributed by atoms with E-state index < -0.39 is 17.6 Å². The van der Waals surface area contributed by atoms with Gasteiger partial charge in [0.25, 0.3) is 0 Å². The summed E-state index contributed by atoms with van der Waals surface area (Å²) in [5.74, 6) is -3.01. The molecule has 1 aromatic heterocycles. The fraction of sp³-hybridized carbons (Fsp3) is 0.375. The number of aromatic carboxylic acids is 1. The molecule has 21 heavy (non-hydrogen) atoms. The third-order valence-electron chi connectivity index (χ3n) is 4.12. The van der Waals surface area contributed by atoms with Gasteiger partial charge in [0.05, 0.1) is 11.1 Å². The van der Waals surface area contributed by atoms with Crippen molar-refractivity contribution in [2.75, 3.05) is 0 Å². The summed E-state index contributed by atoms with van der Waals surface area (Å²) in [6.07, 6.45) is 5.27. The van der Waals surface area contributed by atoms with Crippen LogP contribution in [-0.4, -0.2) is 16.1 Å². The highest BCUT2D eigenvalue weighted by Crippen LogP contribution is 2.33. The molecule has 1 aromatic carbocycles. The second kappa shape index (κ2) is 5.39. The normalized spacial score (nSPS) is 16.3. The zero-order chi connectivity index (χ0) is 15.0. The largest absolute Gasteiger partial charge is 0.478 e. The number of hydrogen-bond donors (Lipinski definition) is 1. The standard InChI is InChI=1S/C16H15F2NO2/c17-12-6-10-11(16(20)21)7-14(9-4-2-1-3-5-9)19-15(10)8-13(12)18/h6-9H,1-5H2,(H,20,21). The molecule has 5 heteroatoms. The first-order valence-electron chi connectivity index (χ1n) is 7.09. The zero-order valence-corrected chi connectivity index (χ0v) is 11.4. The average molecular weight is 291 g/mol. The van der Waals surface area contributed by atoms with Gasteiger partial charge >= 0.3 is 5.97 Å². The summed E-state index contributed by atoms with van der Waals surface area (Å²) in [6, 6.07) is 3.40. The monoisotopic (exact) mass is 291 g/mol. The molecule has 0 unspecified atom stereocenters. The molecule has 1 fully saturated rings. The summed E-state index contributed by atoms with van der Waals surface area (Å²) in [6.45, 7) is 0. The van der Waals surface area contributed by atoms with E-state index in [0.717, 1.165) is 37.8 Å². The maximum absolute atomic E-state index is 13.4. The van der Waals surface area contributed by atoms with E-state index in [9.17, 15) is 18.7 Å². The van der Waals surface area contributed by atoms with E-state index >= 15 is 0 Å². The van der Waals surface area contributed by atoms with Crippen LogP contribution in [0.2, 0.25) is 0 Å². The smallest absolute Gasteiger partial charge is 0.336 e. The molecule has 2 aromatic rings. The van der Waals surface area contributed by atoms with Crippen molar-refractivity contribution in [2.24, 2.45) is 0 Å². The number of carbonyl (C=O) groups is 1. The van der Waals surface area contributed by atoms with E-state index in [-0.39, 0.29) is 22.4 Å². The highest BCUT2D eigenvalue weighted by Gasteiger charge is 2.21. The van der Waals surface area contributed by atoms with Gasteiger partial charge in [-0.3, -0.25) is 4.98 Å². The molecule has 0 atom stereocenters. The predicted octanol–water partition coefficient (Wildman–Crippen LogP) is 4.26. The van der Waals surface area contributed by atoms with Crippen LogP contribution in [0, 0.1) is 11.6 Å². The third kappa shape index (κ3) is 2.60. The highest BCUT2D eigenvalue weighted by molar-refractivity contribution is 6.02. The lowest BCUT2D eigenvalue weighted by atomic mass is 9.86. The minimum Gasteiger partial charge on any atom is -0.478 e. The number of hydrogen-bond acceptors (Lipinski definition) is 2. The van der Waals surface area contributed by atoms with Crippen molar-refractivity contribution in [3.8, 4) is 0 Å². The van der Waals surface area contributed by atoms with Crippen molar-refractivity contribution in [3.63, 3.8) is 0 Å². The van der Waals surface area contributed by atoms with Gasteiger partial charge in [0.15, 0.2) is 11.6 Å². The van der Waals surface area contributed by atoms with Crippen LogP contribution in [-0.2, 0) is 0 Å². The molecule has 1 aliphatic rings. The third-order valence-corrected chi connectivity index (χ3v) is 4.12. The van der Waals surface area contributed by atoms with Gasteiger partial charge < -0.3 is 5.11 Å². The molecular weight excluding hydrogens is 276 g/mol. The first-order valence-corrected chi connectivity index (χ1v) is 7.09. The van der Waals surface area contributed by atoms with Gasteiger partial charge in [-0.2, -0.15) is 0 Å². The quantitative estimate of drug-likeness (QED) is 0.899. The minimum absolute atomic E-state index is 0.0144. The Labute approximate surface area is 120 Å². The number of benzene rings is 1. The minimum atomic E-state index is -1.15. The lowest BCUT2D eigenvalue weighted by Gasteiger charge is -2.21. The van der Waals surface area contributed by atoms with Gasteiger partial charge in [0, 0.05) is 23.1 Å². The molecule has 1 N–H and O–H groups in total. The molecule has 0 aliphatic heterocycles. The van der Waals surface area contributed by atoms with Gasteiger partial charge in [0.2, 0.25) is 0 Å². The Balaban J connectivity index is 2.18. The topological polar surface area (TPSA) is 50.2 Å². The maximum Gasteiger partial charge on any atom is 0.336 e. The Morgan fingerprint density at radius 1 is 1.10 bits per heavy atom. The predicted molar refractivity (Wildman–Crippen MR) is 74.4 cm³/mol. The zero-order valence-electron chi connectivity index (χ0n) is 11.4. The number of rotatable bonds is 2. The number of carboxylic acid groups (broad SMARTS) is 1. The van der Waals surface area contributed by atoms with Crippen molar-refractivity contribution in [3.05, 3.63) is 41.1 Å². The number of aromatic nitrogens is 1. The molecule has 110 valence electrons. The van der Waals surface area contributed by atoms with Gasteiger partial charge in [-0.15, -0.1) is 0 Å². The fourth-order valence-electron chi connectivity index (χ4n) is 3.03. The van der Waals surface area contributed by atoms with E-state index in [2.05, 4.69) is 4.98 Å². The molecular formula is C16H15F2NO2. The number of nitrogens with zero attached hydrogens (tertiary/aromatic N) is 1. The molecule has 0 amide bonds. The van der Waals surface area contributed by atoms with Crippen LogP contribution in [0.15, 0.2) is 18.2 Å². The maximum atomic E-state index is 13.4. The summed E-state index contributed by atoms with van der Waals surface area (Å²) in [7, 11) is 0. The first-order chi connectivity index (χ1) is 10.1. The second-order valence-corrected chi connectivity index (χ2v) is 5.52. The number of pyridine rings is 1. The van der Waals surface area contributed by atoms with Gasteiger partial charge in [0.1, 0.15) is 0 Å². The number of carboxylic acids is 1. The van der Waals surface area contributed by atoms with Crippen LogP contribution in [0.1, 0.15) is 54.1 Å². The molecule has 1 aliphatic carbocycles. The summed E-state index contributed by atoms with van der Waals surface area (Å²) in [4.78, 5) is 15.8. The Morgan fingerprint density at radius 3 is 2.43 bits per heavy atom. The molecule has 0 spiro atoms. The number of halogens is 2. The first kappa shape index (κ1) is 13.9. The van der Waals surface area contributed by atoms with Crippen molar-refractivity contribution >= 4 is 16.9 Å². The second-order valence-electron chi connectivity index (χ2n) is 5.52. The van der Waals surface area contributed by atoms with Crippen LogP contribution < -0.4 is 0 Å². The summed E-state index contributed by atoms with van der Waals surface area (Å²) < 4.78 is 26.7. The van der Waals surface area contributed by atoms with Crippen molar-refractivity contribution in [1.29, 1.82) is 0 Å². The van der Waals surface area contributed by atoms with E-state index in [1.54, 1.807) is 0 Å². The van der Waals surface area contributed by atoms with Crippen LogP contribution >= 0.6 is 0 Å². The van der Waals surface area contributed by atoms with E-state index in [4.69, 9.17) is 0 Å². The number of fused-ring (bicyclic) bond motifs is 1. The lowest BCUT2D eigenvalue weighted by Crippen LogP contribution is -2.09. The molecule has 0 saturated heterocycles. The van der Waals surface area contributed by atoms with Crippen molar-refractivity contribution in [1.82, 2.24) is 4.98 Å². The van der Waals surface area contributed by atoms with Crippen molar-refractivity contribution in [2.45, 2.75) is 38.0 Å². The SMILES string of the molecule is O=C(O)c1cc(C2CCCCC2)nc2cc(F)c(F)cc12. The fourth-order valence-corrected chi connectivity index (χ4v) is 3.03. The summed E-state index contributed by atoms with van der Waals surface area (Å²) in [5, 5.41) is 9.46. The van der Waals surface area contributed by atoms with Crippen molar-refractivity contribution < 1.29 is 18.7 Å². The molecule has 3 nitrogen and oxygen atoms in total. The Kier molecular flexibility index (Phi) is 3.57. The van der Waals surface area contributed by atoms with E-state index in [1.807, 2.05) is 0 Å². The van der Waals surface area contributed by atoms with Crippen LogP contribution in [0.5, 0.6) is 0 Å². The Bertz CT molecular complexity index is 709. The van der Waals surface area contributed by atoms with Crippen LogP contribution in [0.4, 0.5) is 8.78 Å². The Hall–Kier alpha value is -2.04. The molecule has 0 bridgehead atoms. The van der Waals surface area contributed by atoms with Gasteiger partial charge in [-0.25, -0.2) is 13.6 Å². The Morgan fingerprint density at radius 2 is 1.76 bits per heavy atom. The summed E-state index contributed by atoms with van der Waals surface area (Å²) >= 11 is 0. The van der Waals surface area contributed by atoms with Gasteiger partial charge in [-0.1, -0.05) is 19.3 Å². The molecule has 1 saturated carbocycles. The molecule has 3 rings (SSSR count). The van der Waals surface area contributed by atoms with E-state index in [0.29, 0.717) is 5.69 Å². The average Bonchev–Trinajstić information content (AvgIpc) is 2.48. The highest BCUT2D eigenvalue weighted by atomic mass is 19.2. The van der Waals surface area contributed by atoms with E-state index in [1.165, 1.54) is 12.5 Å². The lowest BCUT2D eigenvalue weighted by molar-refractivity contribution is 0.0698. The molecule has 0 radical (unpaired) electrons. The van der Waals surface area contributed by atoms with Gasteiger partial charge in [-0.05, 0) is 25.0 Å². The van der Waals surface area contributed by atoms with Crippen LogP contribution in [0.25, 0.3) is 10.9 Å².